The van der Waals surface area contributed by atoms with Gasteiger partial charge in [-0.2, -0.15) is 0 Å². The van der Waals surface area contributed by atoms with Crippen LogP contribution in [-0.2, 0) is 26.2 Å². The predicted octanol–water partition coefficient (Wildman–Crippen LogP) is 1.43. The molecule has 0 aromatic heterocycles. The van der Waals surface area contributed by atoms with E-state index in [0.29, 0.717) is 43.0 Å². The molecule has 0 aliphatic carbocycles. The number of nitrogens with one attached hydrogen (secondary N) is 2. The third kappa shape index (κ3) is 5.92. The molecule has 9 nitrogen and oxygen atoms in total. The summed E-state index contributed by atoms with van der Waals surface area (Å²) in [5.74, 6) is -0.342. The van der Waals surface area contributed by atoms with E-state index in [1.807, 2.05) is 0 Å². The lowest BCUT2D eigenvalue weighted by atomic mass is 10.1. The Morgan fingerprint density at radius 3 is 1.94 bits per heavy atom. The first-order chi connectivity index (χ1) is 15.2. The maximum absolute atomic E-state index is 12.7. The molecular formula is C22H26N4O5S. The summed E-state index contributed by atoms with van der Waals surface area (Å²) in [4.78, 5) is 38.7. The largest absolute Gasteiger partial charge is 0.339 e. The molecule has 2 aromatic rings. The highest BCUT2D eigenvalue weighted by Gasteiger charge is 2.23. The zero-order valence-electron chi connectivity index (χ0n) is 18.0. The fourth-order valence-corrected chi connectivity index (χ4v) is 4.37. The number of amides is 3. The Hall–Kier alpha value is -3.24. The van der Waals surface area contributed by atoms with Crippen molar-refractivity contribution in [1.82, 2.24) is 14.5 Å². The van der Waals surface area contributed by atoms with Crippen LogP contribution in [0.1, 0.15) is 29.8 Å². The van der Waals surface area contributed by atoms with E-state index in [1.165, 1.54) is 38.1 Å². The van der Waals surface area contributed by atoms with Gasteiger partial charge in [-0.15, -0.1) is 0 Å². The van der Waals surface area contributed by atoms with Crippen molar-refractivity contribution in [1.29, 1.82) is 0 Å². The molecule has 10 heteroatoms. The monoisotopic (exact) mass is 458 g/mol. The van der Waals surface area contributed by atoms with E-state index in [0.717, 1.165) is 0 Å². The molecule has 0 spiro atoms. The summed E-state index contributed by atoms with van der Waals surface area (Å²) in [5, 5.41) is 2.58. The molecule has 2 N–H and O–H groups in total. The molecule has 3 rings (SSSR count). The normalized spacial score (nSPS) is 14.2. The number of hydrogen-bond acceptors (Lipinski definition) is 5. The highest BCUT2D eigenvalue weighted by Crippen LogP contribution is 2.15. The lowest BCUT2D eigenvalue weighted by molar-refractivity contribution is -0.130. The van der Waals surface area contributed by atoms with Crippen molar-refractivity contribution in [3.05, 3.63) is 59.7 Å². The fourth-order valence-electron chi connectivity index (χ4n) is 3.35. The molecular weight excluding hydrogens is 432 g/mol. The summed E-state index contributed by atoms with van der Waals surface area (Å²) < 4.78 is 27.5. The number of carbonyl (C=O) groups is 3. The van der Waals surface area contributed by atoms with Crippen molar-refractivity contribution < 1.29 is 22.8 Å². The summed E-state index contributed by atoms with van der Waals surface area (Å²) in [7, 11) is -3.73. The van der Waals surface area contributed by atoms with Crippen LogP contribution in [0.4, 0.5) is 5.69 Å². The van der Waals surface area contributed by atoms with Crippen LogP contribution in [0.15, 0.2) is 53.4 Å². The number of sulfonamides is 1. The summed E-state index contributed by atoms with van der Waals surface area (Å²) in [6.07, 6.45) is 0. The smallest absolute Gasteiger partial charge is 0.253 e. The number of benzene rings is 2. The van der Waals surface area contributed by atoms with E-state index in [-0.39, 0.29) is 29.2 Å². The fraction of sp³-hybridized carbons (Fsp3) is 0.318. The average Bonchev–Trinajstić information content (AvgIpc) is 2.77. The molecule has 0 saturated carbocycles. The molecule has 3 amide bonds. The number of rotatable bonds is 6. The highest BCUT2D eigenvalue weighted by molar-refractivity contribution is 7.89. The average molecular weight is 459 g/mol. The molecule has 0 unspecified atom stereocenters. The van der Waals surface area contributed by atoms with Crippen LogP contribution < -0.4 is 10.0 Å². The Kier molecular flexibility index (Phi) is 7.26. The highest BCUT2D eigenvalue weighted by atomic mass is 32.2. The van der Waals surface area contributed by atoms with Gasteiger partial charge in [-0.3, -0.25) is 14.4 Å². The van der Waals surface area contributed by atoms with Crippen LogP contribution in [0.5, 0.6) is 0 Å². The van der Waals surface area contributed by atoms with Gasteiger partial charge >= 0.3 is 0 Å². The van der Waals surface area contributed by atoms with E-state index in [9.17, 15) is 22.8 Å². The van der Waals surface area contributed by atoms with Gasteiger partial charge in [0.25, 0.3) is 5.91 Å². The molecule has 0 radical (unpaired) electrons. The van der Waals surface area contributed by atoms with E-state index < -0.39 is 10.0 Å². The van der Waals surface area contributed by atoms with Gasteiger partial charge in [0.2, 0.25) is 21.8 Å². The van der Waals surface area contributed by atoms with Gasteiger partial charge in [-0.25, -0.2) is 13.1 Å². The van der Waals surface area contributed by atoms with Crippen molar-refractivity contribution in [3.8, 4) is 0 Å². The first-order valence-corrected chi connectivity index (χ1v) is 11.6. The third-order valence-electron chi connectivity index (χ3n) is 5.16. The Balaban J connectivity index is 1.57. The van der Waals surface area contributed by atoms with Crippen molar-refractivity contribution in [2.24, 2.45) is 0 Å². The molecule has 0 bridgehead atoms. The van der Waals surface area contributed by atoms with E-state index >= 15 is 0 Å². The van der Waals surface area contributed by atoms with Crippen LogP contribution in [0.25, 0.3) is 0 Å². The van der Waals surface area contributed by atoms with Crippen LogP contribution >= 0.6 is 0 Å². The van der Waals surface area contributed by atoms with Crippen LogP contribution in [-0.4, -0.2) is 62.1 Å². The summed E-state index contributed by atoms with van der Waals surface area (Å²) in [6.45, 7) is 4.98. The lowest BCUT2D eigenvalue weighted by Gasteiger charge is -2.34. The molecule has 32 heavy (non-hydrogen) atoms. The zero-order chi connectivity index (χ0) is 23.3. The molecule has 1 aliphatic rings. The Morgan fingerprint density at radius 2 is 1.41 bits per heavy atom. The molecule has 1 heterocycles. The molecule has 1 aliphatic heterocycles. The number of piperazine rings is 1. The summed E-state index contributed by atoms with van der Waals surface area (Å²) in [5.41, 5.74) is 1.74. The first-order valence-electron chi connectivity index (χ1n) is 10.2. The van der Waals surface area contributed by atoms with Gasteiger partial charge in [0.1, 0.15) is 0 Å². The van der Waals surface area contributed by atoms with E-state index in [4.69, 9.17) is 0 Å². The van der Waals surface area contributed by atoms with E-state index in [2.05, 4.69) is 10.0 Å². The van der Waals surface area contributed by atoms with Gasteiger partial charge in [-0.05, 0) is 42.0 Å². The Labute approximate surface area is 187 Å². The van der Waals surface area contributed by atoms with Gasteiger partial charge in [-0.1, -0.05) is 12.1 Å². The Morgan fingerprint density at radius 1 is 0.844 bits per heavy atom. The molecule has 2 aromatic carbocycles. The van der Waals surface area contributed by atoms with Gasteiger partial charge < -0.3 is 15.1 Å². The number of carbonyl (C=O) groups excluding carboxylic acids is 3. The van der Waals surface area contributed by atoms with Crippen molar-refractivity contribution in [2.75, 3.05) is 31.5 Å². The van der Waals surface area contributed by atoms with E-state index in [1.54, 1.807) is 34.1 Å². The van der Waals surface area contributed by atoms with Crippen LogP contribution in [0.2, 0.25) is 0 Å². The second-order valence-corrected chi connectivity index (χ2v) is 9.29. The van der Waals surface area contributed by atoms with Gasteiger partial charge in [0.05, 0.1) is 4.90 Å². The van der Waals surface area contributed by atoms with Gasteiger partial charge in [0.15, 0.2) is 0 Å². The minimum atomic E-state index is -3.73. The molecule has 1 saturated heterocycles. The summed E-state index contributed by atoms with van der Waals surface area (Å²) in [6, 6.07) is 12.6. The molecule has 170 valence electrons. The first kappa shape index (κ1) is 23.4. The SMILES string of the molecule is CC(=O)Nc1ccc(S(=O)(=O)NCc2ccc(C(=O)N3CCN(C(C)=O)CC3)cc2)cc1. The molecule has 0 atom stereocenters. The third-order valence-corrected chi connectivity index (χ3v) is 6.58. The number of hydrogen-bond donors (Lipinski definition) is 2. The van der Waals surface area contributed by atoms with Crippen molar-refractivity contribution >= 4 is 33.4 Å². The minimum absolute atomic E-state index is 0.00701. The topological polar surface area (TPSA) is 116 Å². The standard InChI is InChI=1S/C22H26N4O5S/c1-16(27)24-20-7-9-21(10-8-20)32(30,31)23-15-18-3-5-19(6-4-18)22(29)26-13-11-25(12-14-26)17(2)28/h3-10,23H,11-15H2,1-2H3,(H,24,27). The summed E-state index contributed by atoms with van der Waals surface area (Å²) >= 11 is 0. The van der Waals surface area contributed by atoms with Crippen LogP contribution in [0.3, 0.4) is 0 Å². The lowest BCUT2D eigenvalue weighted by Crippen LogP contribution is -2.50. The maximum atomic E-state index is 12.7. The zero-order valence-corrected chi connectivity index (χ0v) is 18.8. The second-order valence-electron chi connectivity index (χ2n) is 7.53. The van der Waals surface area contributed by atoms with Crippen molar-refractivity contribution in [2.45, 2.75) is 25.3 Å². The maximum Gasteiger partial charge on any atom is 0.253 e. The van der Waals surface area contributed by atoms with Crippen LogP contribution in [0, 0.1) is 0 Å². The number of nitrogens with zero attached hydrogens (tertiary/aromatic N) is 2. The van der Waals surface area contributed by atoms with Crippen molar-refractivity contribution in [3.63, 3.8) is 0 Å². The number of anilines is 1. The minimum Gasteiger partial charge on any atom is -0.339 e. The Bertz CT molecular complexity index is 1090. The quantitative estimate of drug-likeness (QED) is 0.679. The molecule has 1 fully saturated rings. The second kappa shape index (κ2) is 9.92. The van der Waals surface area contributed by atoms with Gasteiger partial charge in [0, 0.05) is 57.8 Å². The predicted molar refractivity (Wildman–Crippen MR) is 119 cm³/mol.